The molecule has 0 saturated heterocycles. The molecule has 0 aliphatic carbocycles. The van der Waals surface area contributed by atoms with E-state index in [1.54, 1.807) is 47.2 Å². The maximum absolute atomic E-state index is 13.1. The van der Waals surface area contributed by atoms with Gasteiger partial charge in [-0.1, -0.05) is 74.0 Å². The first-order chi connectivity index (χ1) is 17.4. The highest BCUT2D eigenvalue weighted by molar-refractivity contribution is 6.30. The lowest BCUT2D eigenvalue weighted by Gasteiger charge is -2.12. The molecule has 0 spiro atoms. The SMILES string of the molecule is CC(C)CNC(=O)/C(=C/c1cn(-c2ccccc2)nc1-c1ccc(Cl)cc1)NC(=O)c1ccccc1. The Bertz CT molecular complexity index is 1360. The summed E-state index contributed by atoms with van der Waals surface area (Å²) in [5, 5.41) is 11.1. The normalized spacial score (nSPS) is 11.4. The Kier molecular flexibility index (Phi) is 7.98. The van der Waals surface area contributed by atoms with Gasteiger partial charge in [0, 0.05) is 34.5 Å². The van der Waals surface area contributed by atoms with E-state index >= 15 is 0 Å². The maximum Gasteiger partial charge on any atom is 0.267 e. The lowest BCUT2D eigenvalue weighted by Crippen LogP contribution is -2.36. The van der Waals surface area contributed by atoms with E-state index in [1.165, 1.54) is 0 Å². The van der Waals surface area contributed by atoms with Crippen LogP contribution < -0.4 is 10.6 Å². The van der Waals surface area contributed by atoms with Crippen molar-refractivity contribution in [2.75, 3.05) is 6.54 Å². The van der Waals surface area contributed by atoms with Crippen LogP contribution >= 0.6 is 11.6 Å². The monoisotopic (exact) mass is 498 g/mol. The molecule has 3 aromatic carbocycles. The third-order valence-electron chi connectivity index (χ3n) is 5.38. The average Bonchev–Trinajstić information content (AvgIpc) is 3.32. The van der Waals surface area contributed by atoms with Gasteiger partial charge in [0.15, 0.2) is 0 Å². The number of benzene rings is 3. The predicted molar refractivity (Wildman–Crippen MR) is 144 cm³/mol. The fourth-order valence-electron chi connectivity index (χ4n) is 3.53. The second-order valence-corrected chi connectivity index (χ2v) is 9.14. The minimum Gasteiger partial charge on any atom is -0.351 e. The first-order valence-corrected chi connectivity index (χ1v) is 12.1. The zero-order valence-corrected chi connectivity index (χ0v) is 20.9. The van der Waals surface area contributed by atoms with Crippen LogP contribution in [0.25, 0.3) is 23.0 Å². The largest absolute Gasteiger partial charge is 0.351 e. The molecule has 2 amide bonds. The molecule has 0 bridgehead atoms. The Morgan fingerprint density at radius 1 is 0.944 bits per heavy atom. The van der Waals surface area contributed by atoms with Crippen LogP contribution in [0.3, 0.4) is 0 Å². The van der Waals surface area contributed by atoms with E-state index in [0.29, 0.717) is 28.4 Å². The standard InChI is InChI=1S/C29H27ClN4O2/c1-20(2)18-31-29(36)26(32-28(35)22-9-5-3-6-10-22)17-23-19-34(25-11-7-4-8-12-25)33-27(23)21-13-15-24(30)16-14-21/h3-17,19-20H,18H2,1-2H3,(H,31,36)(H,32,35)/b26-17-. The molecule has 1 aromatic heterocycles. The molecular weight excluding hydrogens is 472 g/mol. The Balaban J connectivity index is 1.78. The number of amides is 2. The molecule has 0 saturated carbocycles. The molecule has 0 radical (unpaired) electrons. The molecule has 0 fully saturated rings. The van der Waals surface area contributed by atoms with Crippen LogP contribution in [0.5, 0.6) is 0 Å². The van der Waals surface area contributed by atoms with Crippen LogP contribution in [0.2, 0.25) is 5.02 Å². The smallest absolute Gasteiger partial charge is 0.267 e. The fraction of sp³-hybridized carbons (Fsp3) is 0.138. The van der Waals surface area contributed by atoms with Gasteiger partial charge in [-0.3, -0.25) is 9.59 Å². The molecule has 2 N–H and O–H groups in total. The minimum atomic E-state index is -0.373. The van der Waals surface area contributed by atoms with Crippen LogP contribution in [0.15, 0.2) is 96.8 Å². The van der Waals surface area contributed by atoms with Gasteiger partial charge in [-0.2, -0.15) is 5.10 Å². The van der Waals surface area contributed by atoms with Gasteiger partial charge in [0.1, 0.15) is 11.4 Å². The predicted octanol–water partition coefficient (Wildman–Crippen LogP) is 5.74. The Morgan fingerprint density at radius 2 is 1.58 bits per heavy atom. The third kappa shape index (κ3) is 6.29. The summed E-state index contributed by atoms with van der Waals surface area (Å²) in [6, 6.07) is 25.8. The van der Waals surface area contributed by atoms with Crippen LogP contribution in [0.4, 0.5) is 0 Å². The molecule has 182 valence electrons. The summed E-state index contributed by atoms with van der Waals surface area (Å²) >= 11 is 6.10. The minimum absolute atomic E-state index is 0.132. The Morgan fingerprint density at radius 3 is 2.22 bits per heavy atom. The Hall–Kier alpha value is -4.16. The van der Waals surface area contributed by atoms with Gasteiger partial charge < -0.3 is 10.6 Å². The number of carbonyl (C=O) groups excluding carboxylic acids is 2. The number of rotatable bonds is 8. The molecule has 4 aromatic rings. The van der Waals surface area contributed by atoms with Crippen molar-refractivity contribution in [1.82, 2.24) is 20.4 Å². The van der Waals surface area contributed by atoms with E-state index in [2.05, 4.69) is 10.6 Å². The van der Waals surface area contributed by atoms with Gasteiger partial charge >= 0.3 is 0 Å². The van der Waals surface area contributed by atoms with Crippen molar-refractivity contribution >= 4 is 29.5 Å². The molecule has 0 aliphatic heterocycles. The number of nitrogens with zero attached hydrogens (tertiary/aromatic N) is 2. The van der Waals surface area contributed by atoms with Gasteiger partial charge in [-0.25, -0.2) is 4.68 Å². The summed E-state index contributed by atoms with van der Waals surface area (Å²) < 4.78 is 1.75. The zero-order valence-electron chi connectivity index (χ0n) is 20.1. The second-order valence-electron chi connectivity index (χ2n) is 8.70. The van der Waals surface area contributed by atoms with Crippen molar-refractivity contribution in [2.45, 2.75) is 13.8 Å². The van der Waals surface area contributed by atoms with Crippen molar-refractivity contribution in [3.63, 3.8) is 0 Å². The van der Waals surface area contributed by atoms with Crippen molar-refractivity contribution in [3.8, 4) is 16.9 Å². The topological polar surface area (TPSA) is 76.0 Å². The first kappa shape index (κ1) is 24.9. The number of nitrogens with one attached hydrogen (secondary N) is 2. The van der Waals surface area contributed by atoms with Crippen LogP contribution in [-0.4, -0.2) is 28.1 Å². The highest BCUT2D eigenvalue weighted by atomic mass is 35.5. The lowest BCUT2D eigenvalue weighted by atomic mass is 10.1. The molecule has 0 unspecified atom stereocenters. The van der Waals surface area contributed by atoms with Crippen LogP contribution in [0.1, 0.15) is 29.8 Å². The number of hydrogen-bond acceptors (Lipinski definition) is 3. The van der Waals surface area contributed by atoms with Crippen molar-refractivity contribution < 1.29 is 9.59 Å². The maximum atomic E-state index is 13.1. The fourth-order valence-corrected chi connectivity index (χ4v) is 3.65. The van der Waals surface area contributed by atoms with E-state index in [-0.39, 0.29) is 23.4 Å². The molecule has 7 heteroatoms. The molecule has 6 nitrogen and oxygen atoms in total. The van der Waals surface area contributed by atoms with Gasteiger partial charge in [-0.15, -0.1) is 0 Å². The quantitative estimate of drug-likeness (QED) is 0.304. The summed E-state index contributed by atoms with van der Waals surface area (Å²) in [5.74, 6) is -0.488. The summed E-state index contributed by atoms with van der Waals surface area (Å²) in [6.45, 7) is 4.49. The van der Waals surface area contributed by atoms with Gasteiger partial charge in [-0.05, 0) is 48.4 Å². The average molecular weight is 499 g/mol. The van der Waals surface area contributed by atoms with Crippen LogP contribution in [0, 0.1) is 5.92 Å². The van der Waals surface area contributed by atoms with E-state index in [1.807, 2.05) is 68.6 Å². The number of halogens is 1. The van der Waals surface area contributed by atoms with Crippen molar-refractivity contribution in [2.24, 2.45) is 5.92 Å². The lowest BCUT2D eigenvalue weighted by molar-refractivity contribution is -0.117. The molecule has 0 aliphatic rings. The number of para-hydroxylation sites is 1. The molecule has 0 atom stereocenters. The van der Waals surface area contributed by atoms with E-state index in [0.717, 1.165) is 11.3 Å². The molecule has 36 heavy (non-hydrogen) atoms. The van der Waals surface area contributed by atoms with E-state index in [4.69, 9.17) is 16.7 Å². The molecule has 4 rings (SSSR count). The summed E-state index contributed by atoms with van der Waals surface area (Å²) in [7, 11) is 0. The highest BCUT2D eigenvalue weighted by Gasteiger charge is 2.18. The second kappa shape index (κ2) is 11.5. The van der Waals surface area contributed by atoms with Crippen LogP contribution in [-0.2, 0) is 4.79 Å². The number of hydrogen-bond donors (Lipinski definition) is 2. The molecule has 1 heterocycles. The summed E-state index contributed by atoms with van der Waals surface area (Å²) in [5.41, 5.74) is 3.61. The van der Waals surface area contributed by atoms with Crippen molar-refractivity contribution in [3.05, 3.63) is 113 Å². The third-order valence-corrected chi connectivity index (χ3v) is 5.63. The van der Waals surface area contributed by atoms with Gasteiger partial charge in [0.05, 0.1) is 5.69 Å². The first-order valence-electron chi connectivity index (χ1n) is 11.7. The van der Waals surface area contributed by atoms with E-state index in [9.17, 15) is 9.59 Å². The molecular formula is C29H27ClN4O2. The van der Waals surface area contributed by atoms with E-state index < -0.39 is 0 Å². The van der Waals surface area contributed by atoms with Crippen molar-refractivity contribution in [1.29, 1.82) is 0 Å². The van der Waals surface area contributed by atoms with Gasteiger partial charge in [0.2, 0.25) is 0 Å². The summed E-state index contributed by atoms with van der Waals surface area (Å²) in [4.78, 5) is 26.1. The zero-order chi connectivity index (χ0) is 25.5. The Labute approximate surface area is 215 Å². The van der Waals surface area contributed by atoms with Gasteiger partial charge in [0.25, 0.3) is 11.8 Å². The highest BCUT2D eigenvalue weighted by Crippen LogP contribution is 2.27. The number of carbonyl (C=O) groups is 2. The number of aromatic nitrogens is 2. The summed E-state index contributed by atoms with van der Waals surface area (Å²) in [6.07, 6.45) is 3.50.